The molecule has 1 aromatic carbocycles. The molecular formula is C23H24N2O3S. The summed E-state index contributed by atoms with van der Waals surface area (Å²) in [4.78, 5) is 29.8. The van der Waals surface area contributed by atoms with E-state index in [9.17, 15) is 9.59 Å². The monoisotopic (exact) mass is 408 g/mol. The van der Waals surface area contributed by atoms with Gasteiger partial charge in [-0.05, 0) is 67.9 Å². The Balaban J connectivity index is 1.18. The van der Waals surface area contributed by atoms with Crippen LogP contribution in [0, 0.1) is 17.8 Å². The number of cyclic esters (lactones) is 1. The first kappa shape index (κ1) is 17.6. The van der Waals surface area contributed by atoms with Crippen LogP contribution in [0.4, 0.5) is 5.13 Å². The number of fused-ring (bicyclic) bond motifs is 1. The predicted octanol–water partition coefficient (Wildman–Crippen LogP) is 4.33. The number of carbonyl (C=O) groups excluding carboxylic acids is 2. The van der Waals surface area contributed by atoms with Gasteiger partial charge in [0.05, 0.1) is 11.3 Å². The zero-order valence-corrected chi connectivity index (χ0v) is 17.0. The van der Waals surface area contributed by atoms with Crippen LogP contribution in [0.25, 0.3) is 0 Å². The molecule has 7 rings (SSSR count). The number of hydrogen-bond acceptors (Lipinski definition) is 5. The zero-order chi connectivity index (χ0) is 19.6. The van der Waals surface area contributed by atoms with E-state index in [4.69, 9.17) is 9.72 Å². The van der Waals surface area contributed by atoms with E-state index in [0.29, 0.717) is 17.1 Å². The normalized spacial score (nSPS) is 34.6. The molecule has 1 aliphatic heterocycles. The number of hydrogen-bond donors (Lipinski definition) is 1. The van der Waals surface area contributed by atoms with Gasteiger partial charge in [-0.1, -0.05) is 18.2 Å². The highest BCUT2D eigenvalue weighted by Gasteiger charge is 2.52. The maximum absolute atomic E-state index is 12.8. The van der Waals surface area contributed by atoms with Crippen molar-refractivity contribution in [3.63, 3.8) is 0 Å². The van der Waals surface area contributed by atoms with E-state index in [1.165, 1.54) is 55.6 Å². The molecule has 6 heteroatoms. The Labute approximate surface area is 173 Å². The fraction of sp³-hybridized carbons (Fsp3) is 0.522. The summed E-state index contributed by atoms with van der Waals surface area (Å²) in [6.45, 7) is 0. The van der Waals surface area contributed by atoms with Crippen LogP contribution in [0.2, 0.25) is 0 Å². The lowest BCUT2D eigenvalue weighted by Crippen LogP contribution is -2.48. The zero-order valence-electron chi connectivity index (χ0n) is 16.2. The number of aromatic nitrogens is 1. The molecule has 1 atom stereocenters. The number of rotatable bonds is 3. The number of anilines is 1. The van der Waals surface area contributed by atoms with Crippen LogP contribution in [0.15, 0.2) is 29.6 Å². The first-order valence-corrected chi connectivity index (χ1v) is 11.5. The number of nitrogens with one attached hydrogen (secondary N) is 1. The number of ether oxygens (including phenoxy) is 1. The van der Waals surface area contributed by atoms with Gasteiger partial charge in [-0.2, -0.15) is 0 Å². The third-order valence-electron chi connectivity index (χ3n) is 7.50. The molecule has 1 amide bonds. The van der Waals surface area contributed by atoms with Crippen molar-refractivity contribution in [3.05, 3.63) is 46.5 Å². The predicted molar refractivity (Wildman–Crippen MR) is 110 cm³/mol. The standard InChI is InChI=1S/C23H24N2O3S/c26-20(18-8-16-3-1-2-4-17(16)21(27)28-18)25-22-24-19(12-29-22)23-9-13-5-14(10-23)7-15(6-13)11-23/h1-4,12-15,18H,5-11H2,(H,24,25,26). The maximum Gasteiger partial charge on any atom is 0.339 e. The van der Waals surface area contributed by atoms with Gasteiger partial charge in [-0.25, -0.2) is 9.78 Å². The van der Waals surface area contributed by atoms with Crippen LogP contribution >= 0.6 is 11.3 Å². The molecular weight excluding hydrogens is 384 g/mol. The molecule has 150 valence electrons. The largest absolute Gasteiger partial charge is 0.448 e. The van der Waals surface area contributed by atoms with Crippen LogP contribution in [-0.4, -0.2) is 23.0 Å². The molecule has 29 heavy (non-hydrogen) atoms. The highest BCUT2D eigenvalue weighted by molar-refractivity contribution is 7.14. The number of carbonyl (C=O) groups is 2. The molecule has 1 N–H and O–H groups in total. The topological polar surface area (TPSA) is 68.3 Å². The molecule has 4 saturated carbocycles. The summed E-state index contributed by atoms with van der Waals surface area (Å²) in [6.07, 6.45) is 7.59. The number of esters is 1. The highest BCUT2D eigenvalue weighted by Crippen LogP contribution is 2.60. The van der Waals surface area contributed by atoms with Gasteiger partial charge in [0.15, 0.2) is 11.2 Å². The van der Waals surface area contributed by atoms with Crippen LogP contribution in [0.5, 0.6) is 0 Å². The summed E-state index contributed by atoms with van der Waals surface area (Å²) in [5.74, 6) is 1.87. The fourth-order valence-corrected chi connectivity index (χ4v) is 7.50. The Morgan fingerprint density at radius 3 is 2.52 bits per heavy atom. The van der Waals surface area contributed by atoms with E-state index in [2.05, 4.69) is 10.7 Å². The molecule has 2 heterocycles. The van der Waals surface area contributed by atoms with Gasteiger partial charge in [0.2, 0.25) is 0 Å². The fourth-order valence-electron chi connectivity index (χ4n) is 6.66. The number of thiazole rings is 1. The Kier molecular flexibility index (Phi) is 3.89. The van der Waals surface area contributed by atoms with Crippen molar-refractivity contribution >= 4 is 28.3 Å². The summed E-state index contributed by atoms with van der Waals surface area (Å²) in [5, 5.41) is 5.67. The molecule has 1 unspecified atom stereocenters. The summed E-state index contributed by atoms with van der Waals surface area (Å²) >= 11 is 1.49. The van der Waals surface area contributed by atoms with Crippen molar-refractivity contribution in [2.45, 2.75) is 56.5 Å². The second-order valence-electron chi connectivity index (χ2n) is 9.48. The minimum Gasteiger partial charge on any atom is -0.448 e. The van der Waals surface area contributed by atoms with Gasteiger partial charge < -0.3 is 4.74 Å². The number of amides is 1. The quantitative estimate of drug-likeness (QED) is 0.768. The first-order chi connectivity index (χ1) is 14.1. The van der Waals surface area contributed by atoms with Crippen LogP contribution < -0.4 is 5.32 Å². The molecule has 4 aliphatic carbocycles. The number of nitrogens with zero attached hydrogens (tertiary/aromatic N) is 1. The summed E-state index contributed by atoms with van der Waals surface area (Å²) in [7, 11) is 0. The van der Waals surface area contributed by atoms with E-state index >= 15 is 0 Å². The van der Waals surface area contributed by atoms with E-state index < -0.39 is 12.1 Å². The molecule has 5 aliphatic rings. The smallest absolute Gasteiger partial charge is 0.339 e. The molecule has 0 saturated heterocycles. The second-order valence-corrected chi connectivity index (χ2v) is 10.3. The average molecular weight is 409 g/mol. The van der Waals surface area contributed by atoms with Crippen LogP contribution in [0.1, 0.15) is 60.1 Å². The van der Waals surface area contributed by atoms with Gasteiger partial charge >= 0.3 is 5.97 Å². The SMILES string of the molecule is O=C1OC(C(=O)Nc2nc(C34CC5CC(CC(C5)C3)C4)cs2)Cc2ccccc21. The molecule has 4 fully saturated rings. The van der Waals surface area contributed by atoms with E-state index in [1.807, 2.05) is 18.2 Å². The third-order valence-corrected chi connectivity index (χ3v) is 8.26. The lowest BCUT2D eigenvalue weighted by molar-refractivity contribution is -0.125. The van der Waals surface area contributed by atoms with E-state index in [-0.39, 0.29) is 11.3 Å². The minimum atomic E-state index is -0.802. The molecule has 0 radical (unpaired) electrons. The summed E-state index contributed by atoms with van der Waals surface area (Å²) in [6, 6.07) is 7.31. The minimum absolute atomic E-state index is 0.227. The Morgan fingerprint density at radius 2 is 1.79 bits per heavy atom. The first-order valence-electron chi connectivity index (χ1n) is 10.6. The van der Waals surface area contributed by atoms with Crippen molar-refractivity contribution in [1.82, 2.24) is 4.98 Å². The molecule has 4 bridgehead atoms. The molecule has 1 aromatic heterocycles. The van der Waals surface area contributed by atoms with Crippen molar-refractivity contribution in [3.8, 4) is 0 Å². The van der Waals surface area contributed by atoms with Gasteiger partial charge in [0.1, 0.15) is 0 Å². The molecule has 5 nitrogen and oxygen atoms in total. The van der Waals surface area contributed by atoms with Gasteiger partial charge in [-0.15, -0.1) is 11.3 Å². The van der Waals surface area contributed by atoms with E-state index in [1.54, 1.807) is 6.07 Å². The lowest BCUT2D eigenvalue weighted by Gasteiger charge is -2.56. The van der Waals surface area contributed by atoms with E-state index in [0.717, 1.165) is 23.3 Å². The van der Waals surface area contributed by atoms with Crippen molar-refractivity contribution in [2.75, 3.05) is 5.32 Å². The van der Waals surface area contributed by atoms with Crippen molar-refractivity contribution < 1.29 is 14.3 Å². The number of benzene rings is 1. The summed E-state index contributed by atoms with van der Waals surface area (Å²) in [5.41, 5.74) is 2.81. The Bertz CT molecular complexity index is 962. The molecule has 0 spiro atoms. The average Bonchev–Trinajstić information content (AvgIpc) is 3.16. The molecule has 2 aromatic rings. The third kappa shape index (κ3) is 2.91. The lowest BCUT2D eigenvalue weighted by atomic mass is 9.49. The van der Waals surface area contributed by atoms with Crippen LogP contribution in [0.3, 0.4) is 0 Å². The summed E-state index contributed by atoms with van der Waals surface area (Å²) < 4.78 is 5.38. The van der Waals surface area contributed by atoms with Crippen molar-refractivity contribution in [2.24, 2.45) is 17.8 Å². The maximum atomic E-state index is 12.8. The Hall–Kier alpha value is -2.21. The highest BCUT2D eigenvalue weighted by atomic mass is 32.1. The van der Waals surface area contributed by atoms with Crippen molar-refractivity contribution in [1.29, 1.82) is 0 Å². The Morgan fingerprint density at radius 1 is 1.10 bits per heavy atom. The van der Waals surface area contributed by atoms with Gasteiger partial charge in [-0.3, -0.25) is 10.1 Å². The van der Waals surface area contributed by atoms with Gasteiger partial charge in [0, 0.05) is 17.2 Å². The second kappa shape index (κ2) is 6.39. The van der Waals surface area contributed by atoms with Gasteiger partial charge in [0.25, 0.3) is 5.91 Å². The van der Waals surface area contributed by atoms with Crippen LogP contribution in [-0.2, 0) is 21.4 Å².